The van der Waals surface area contributed by atoms with Gasteiger partial charge in [0, 0.05) is 34.7 Å². The quantitative estimate of drug-likeness (QED) is 0.195. The summed E-state index contributed by atoms with van der Waals surface area (Å²) in [5.41, 5.74) is -2.15. The Balaban J connectivity index is 1.83. The summed E-state index contributed by atoms with van der Waals surface area (Å²) in [5, 5.41) is 10.9. The van der Waals surface area contributed by atoms with E-state index in [9.17, 15) is 26.4 Å². The summed E-state index contributed by atoms with van der Waals surface area (Å²) >= 11 is 12.1. The average molecular weight is 688 g/mol. The number of anilines is 2. The van der Waals surface area contributed by atoms with Crippen LogP contribution in [-0.4, -0.2) is 73.4 Å². The Bertz CT molecular complexity index is 1790. The molecule has 0 radical (unpaired) electrons. The summed E-state index contributed by atoms with van der Waals surface area (Å²) in [6, 6.07) is 10.3. The van der Waals surface area contributed by atoms with Crippen molar-refractivity contribution in [2.45, 2.75) is 37.4 Å². The van der Waals surface area contributed by atoms with Crippen LogP contribution in [0.4, 0.5) is 24.7 Å². The molecular weight excluding hydrogens is 656 g/mol. The van der Waals surface area contributed by atoms with E-state index in [1.807, 2.05) is 19.0 Å². The molecule has 0 atom stereocenters. The molecule has 0 aliphatic heterocycles. The minimum Gasteiger partial charge on any atom is -0.459 e. The lowest BCUT2D eigenvalue weighted by molar-refractivity contribution is -0.152. The Morgan fingerprint density at radius 3 is 2.22 bits per heavy atom. The maximum atomic E-state index is 14.3. The molecule has 2 aromatic carbocycles. The van der Waals surface area contributed by atoms with Gasteiger partial charge in [0.1, 0.15) is 18.0 Å². The number of hydrogen-bond acceptors (Lipinski definition) is 8. The lowest BCUT2D eigenvalue weighted by atomic mass is 10.1. The normalized spacial score (nSPS) is 12.5. The number of rotatable bonds is 10. The van der Waals surface area contributed by atoms with E-state index >= 15 is 0 Å². The van der Waals surface area contributed by atoms with Crippen LogP contribution < -0.4 is 9.62 Å². The number of halogens is 5. The molecular formula is C29H31Cl2F3N6O4S. The lowest BCUT2D eigenvalue weighted by Gasteiger charge is -2.26. The van der Waals surface area contributed by atoms with E-state index < -0.39 is 39.9 Å². The van der Waals surface area contributed by atoms with Gasteiger partial charge in [0.25, 0.3) is 10.0 Å². The molecule has 16 heteroatoms. The molecule has 45 heavy (non-hydrogen) atoms. The number of sulfonamides is 1. The maximum absolute atomic E-state index is 14.3. The van der Waals surface area contributed by atoms with E-state index in [1.165, 1.54) is 28.8 Å². The van der Waals surface area contributed by atoms with Crippen LogP contribution in [0.1, 0.15) is 26.3 Å². The SMILES string of the molecule is CN(C)CCNc1ccc(-n2cc(C(F)(F)F)c3cc(N(CC(=O)OC(C)(C)C)S(=O)(=O)c4cc(Cl)cc(Cl)c4)ccc32)nn1. The third kappa shape index (κ3) is 8.37. The predicted octanol–water partition coefficient (Wildman–Crippen LogP) is 6.26. The molecule has 4 aromatic rings. The average Bonchev–Trinajstić information content (AvgIpc) is 3.30. The Labute approximate surface area is 268 Å². The van der Waals surface area contributed by atoms with Gasteiger partial charge in [-0.25, -0.2) is 8.42 Å². The number of carbonyl (C=O) groups is 1. The largest absolute Gasteiger partial charge is 0.459 e. The first kappa shape index (κ1) is 34.3. The molecule has 10 nitrogen and oxygen atoms in total. The molecule has 0 aliphatic rings. The van der Waals surface area contributed by atoms with Crippen molar-refractivity contribution in [1.82, 2.24) is 19.7 Å². The van der Waals surface area contributed by atoms with Crippen molar-refractivity contribution in [2.24, 2.45) is 0 Å². The topological polar surface area (TPSA) is 110 Å². The van der Waals surface area contributed by atoms with Gasteiger partial charge in [-0.1, -0.05) is 23.2 Å². The van der Waals surface area contributed by atoms with Crippen LogP contribution in [0.25, 0.3) is 16.7 Å². The van der Waals surface area contributed by atoms with Crippen LogP contribution in [0.5, 0.6) is 0 Å². The van der Waals surface area contributed by atoms with E-state index in [-0.39, 0.29) is 37.3 Å². The Morgan fingerprint density at radius 1 is 1.00 bits per heavy atom. The van der Waals surface area contributed by atoms with Crippen molar-refractivity contribution in [3.63, 3.8) is 0 Å². The van der Waals surface area contributed by atoms with Gasteiger partial charge in [-0.15, -0.1) is 10.2 Å². The van der Waals surface area contributed by atoms with Crippen LogP contribution in [0, 0.1) is 0 Å². The van der Waals surface area contributed by atoms with Gasteiger partial charge < -0.3 is 15.0 Å². The summed E-state index contributed by atoms with van der Waals surface area (Å²) in [6.45, 7) is 5.26. The molecule has 0 aliphatic carbocycles. The predicted molar refractivity (Wildman–Crippen MR) is 168 cm³/mol. The minimum absolute atomic E-state index is 0.00482. The van der Waals surface area contributed by atoms with Crippen molar-refractivity contribution in [1.29, 1.82) is 0 Å². The monoisotopic (exact) mass is 686 g/mol. The molecule has 0 amide bonds. The maximum Gasteiger partial charge on any atom is 0.418 e. The van der Waals surface area contributed by atoms with Gasteiger partial charge in [-0.3, -0.25) is 13.7 Å². The first-order valence-electron chi connectivity index (χ1n) is 13.5. The summed E-state index contributed by atoms with van der Waals surface area (Å²) < 4.78 is 78.0. The molecule has 0 spiro atoms. The van der Waals surface area contributed by atoms with Crippen LogP contribution in [0.2, 0.25) is 10.0 Å². The molecule has 2 heterocycles. The van der Waals surface area contributed by atoms with Crippen molar-refractivity contribution in [3.8, 4) is 5.82 Å². The van der Waals surface area contributed by atoms with Crippen molar-refractivity contribution in [2.75, 3.05) is 43.4 Å². The number of aromatic nitrogens is 3. The fraction of sp³-hybridized carbons (Fsp3) is 0.345. The second kappa shape index (κ2) is 13.0. The minimum atomic E-state index is -4.82. The van der Waals surface area contributed by atoms with E-state index in [2.05, 4.69) is 15.5 Å². The zero-order chi connectivity index (χ0) is 33.3. The van der Waals surface area contributed by atoms with E-state index in [1.54, 1.807) is 26.8 Å². The van der Waals surface area contributed by atoms with E-state index in [0.717, 1.165) is 30.9 Å². The molecule has 4 rings (SSSR count). The smallest absolute Gasteiger partial charge is 0.418 e. The Morgan fingerprint density at radius 2 is 1.67 bits per heavy atom. The first-order valence-corrected chi connectivity index (χ1v) is 15.7. The second-order valence-corrected chi connectivity index (χ2v) is 14.1. The standard InChI is InChI=1S/C29H31Cl2F3N6O4S/c1-28(2,3)44-27(41)17-40(45(42,43)21-13-18(30)12-19(31)14-21)20-6-7-24-22(15-20)23(29(32,33)34)16-39(24)26-9-8-25(36-37-26)35-10-11-38(4)5/h6-9,12-16H,10-11,17H2,1-5H3,(H,35,36). The van der Waals surface area contributed by atoms with Crippen LogP contribution in [0.15, 0.2) is 59.6 Å². The highest BCUT2D eigenvalue weighted by atomic mass is 35.5. The fourth-order valence-corrected chi connectivity index (χ4v) is 6.48. The highest BCUT2D eigenvalue weighted by molar-refractivity contribution is 7.92. The van der Waals surface area contributed by atoms with Gasteiger partial charge in [0.2, 0.25) is 0 Å². The van der Waals surface area contributed by atoms with Crippen molar-refractivity contribution in [3.05, 3.63) is 70.3 Å². The number of ether oxygens (including phenoxy) is 1. The van der Waals surface area contributed by atoms with Crippen LogP contribution in [0.3, 0.4) is 0 Å². The molecule has 1 N–H and O–H groups in total. The number of benzene rings is 2. The molecule has 0 unspecified atom stereocenters. The summed E-state index contributed by atoms with van der Waals surface area (Å²) in [4.78, 5) is 14.5. The van der Waals surface area contributed by atoms with Crippen molar-refractivity contribution >= 4 is 61.6 Å². The summed E-state index contributed by atoms with van der Waals surface area (Å²) in [6.07, 6.45) is -3.96. The first-order chi connectivity index (χ1) is 20.8. The van der Waals surface area contributed by atoms with E-state index in [4.69, 9.17) is 27.9 Å². The molecule has 0 bridgehead atoms. The zero-order valence-corrected chi connectivity index (χ0v) is 27.3. The van der Waals surface area contributed by atoms with Gasteiger partial charge in [-0.2, -0.15) is 13.2 Å². The Hall–Kier alpha value is -3.59. The summed E-state index contributed by atoms with van der Waals surface area (Å²) in [7, 11) is -0.761. The molecule has 0 saturated heterocycles. The highest BCUT2D eigenvalue weighted by Gasteiger charge is 2.36. The number of alkyl halides is 3. The third-order valence-corrected chi connectivity index (χ3v) is 8.45. The van der Waals surface area contributed by atoms with E-state index in [0.29, 0.717) is 16.7 Å². The molecule has 2 aromatic heterocycles. The Kier molecular flexibility index (Phi) is 9.93. The van der Waals surface area contributed by atoms with Gasteiger partial charge in [0.05, 0.1) is 21.7 Å². The number of fused-ring (bicyclic) bond motifs is 1. The van der Waals surface area contributed by atoms with Crippen LogP contribution >= 0.6 is 23.2 Å². The van der Waals surface area contributed by atoms with Gasteiger partial charge in [-0.05, 0) is 83.4 Å². The molecule has 0 saturated carbocycles. The number of esters is 1. The number of hydrogen-bond donors (Lipinski definition) is 1. The van der Waals surface area contributed by atoms with Crippen LogP contribution in [-0.2, 0) is 25.7 Å². The second-order valence-electron chi connectivity index (χ2n) is 11.3. The van der Waals surface area contributed by atoms with Crippen molar-refractivity contribution < 1.29 is 31.1 Å². The number of nitrogens with zero attached hydrogens (tertiary/aromatic N) is 5. The lowest BCUT2D eigenvalue weighted by Crippen LogP contribution is -2.39. The van der Waals surface area contributed by atoms with Gasteiger partial charge in [0.15, 0.2) is 5.82 Å². The van der Waals surface area contributed by atoms with Gasteiger partial charge >= 0.3 is 12.1 Å². The molecule has 0 fully saturated rings. The third-order valence-electron chi connectivity index (χ3n) is 6.26. The summed E-state index contributed by atoms with van der Waals surface area (Å²) in [5.74, 6) is -0.379. The highest BCUT2D eigenvalue weighted by Crippen LogP contribution is 2.39. The number of carbonyl (C=O) groups excluding carboxylic acids is 1. The number of nitrogens with one attached hydrogen (secondary N) is 1. The number of likely N-dealkylation sites (N-methyl/N-ethyl adjacent to an activating group) is 1. The fourth-order valence-electron chi connectivity index (χ4n) is 4.35. The molecule has 242 valence electrons. The zero-order valence-electron chi connectivity index (χ0n) is 25.0.